The van der Waals surface area contributed by atoms with E-state index in [1.807, 2.05) is 6.07 Å². The number of pyridine rings is 2. The SMILES string of the molecule is CCc1nc(C(C)C)ccc1-c1nc2c(C)cn([C@@H](C)COC)c2cc1Cl. The zero-order valence-electron chi connectivity index (χ0n) is 17.0. The van der Waals surface area contributed by atoms with Gasteiger partial charge in [-0.3, -0.25) is 4.98 Å². The fourth-order valence-electron chi connectivity index (χ4n) is 3.51. The minimum Gasteiger partial charge on any atom is -0.383 e. The maximum Gasteiger partial charge on any atom is 0.0918 e. The number of halogens is 1. The van der Waals surface area contributed by atoms with E-state index in [0.29, 0.717) is 17.5 Å². The Kier molecular flexibility index (Phi) is 5.87. The molecule has 0 bridgehead atoms. The second-order valence-electron chi connectivity index (χ2n) is 7.45. The average Bonchev–Trinajstić information content (AvgIpc) is 2.96. The standard InChI is InChI=1S/C22H28ClN3O/c1-7-18-16(8-9-19(24-18)13(2)3)22-17(23)10-20-21(25-22)14(4)11-26(20)15(5)12-27-6/h8-11,13,15H,7,12H2,1-6H3/t15-/m0/s1. The fraction of sp³-hybridized carbons (Fsp3) is 0.455. The van der Waals surface area contributed by atoms with Crippen LogP contribution in [0.4, 0.5) is 0 Å². The lowest BCUT2D eigenvalue weighted by molar-refractivity contribution is 0.164. The van der Waals surface area contributed by atoms with Gasteiger partial charge in [-0.15, -0.1) is 0 Å². The maximum absolute atomic E-state index is 6.70. The average molecular weight is 386 g/mol. The van der Waals surface area contributed by atoms with E-state index in [4.69, 9.17) is 26.3 Å². The third kappa shape index (κ3) is 3.74. The summed E-state index contributed by atoms with van der Waals surface area (Å²) in [6.07, 6.45) is 2.97. The van der Waals surface area contributed by atoms with Gasteiger partial charge in [-0.1, -0.05) is 32.4 Å². The molecular weight excluding hydrogens is 358 g/mol. The van der Waals surface area contributed by atoms with Gasteiger partial charge in [-0.25, -0.2) is 4.98 Å². The lowest BCUT2D eigenvalue weighted by Crippen LogP contribution is -2.09. The van der Waals surface area contributed by atoms with Crippen molar-refractivity contribution in [2.45, 2.75) is 53.0 Å². The van der Waals surface area contributed by atoms with Crippen molar-refractivity contribution < 1.29 is 4.74 Å². The van der Waals surface area contributed by atoms with E-state index in [0.717, 1.165) is 45.7 Å². The number of fused-ring (bicyclic) bond motifs is 1. The van der Waals surface area contributed by atoms with Crippen molar-refractivity contribution in [1.29, 1.82) is 0 Å². The van der Waals surface area contributed by atoms with Gasteiger partial charge in [-0.2, -0.15) is 0 Å². The Balaban J connectivity index is 2.17. The third-order valence-electron chi connectivity index (χ3n) is 5.00. The highest BCUT2D eigenvalue weighted by atomic mass is 35.5. The molecule has 0 N–H and O–H groups in total. The Bertz CT molecular complexity index is 962. The summed E-state index contributed by atoms with van der Waals surface area (Å²) in [6, 6.07) is 6.43. The fourth-order valence-corrected chi connectivity index (χ4v) is 3.75. The van der Waals surface area contributed by atoms with Gasteiger partial charge in [-0.05, 0) is 49.9 Å². The normalized spacial score (nSPS) is 12.9. The quantitative estimate of drug-likeness (QED) is 0.526. The number of hydrogen-bond acceptors (Lipinski definition) is 3. The lowest BCUT2D eigenvalue weighted by Gasteiger charge is -2.15. The molecule has 3 heterocycles. The topological polar surface area (TPSA) is 39.9 Å². The lowest BCUT2D eigenvalue weighted by atomic mass is 10.0. The highest BCUT2D eigenvalue weighted by molar-refractivity contribution is 6.33. The molecule has 27 heavy (non-hydrogen) atoms. The number of ether oxygens (including phenoxy) is 1. The first-order chi connectivity index (χ1) is 12.9. The van der Waals surface area contributed by atoms with Crippen molar-refractivity contribution in [3.8, 4) is 11.3 Å². The molecule has 0 aliphatic carbocycles. The van der Waals surface area contributed by atoms with Crippen LogP contribution in [-0.4, -0.2) is 28.3 Å². The summed E-state index contributed by atoms with van der Waals surface area (Å²) in [5.41, 5.74) is 7.12. The second-order valence-corrected chi connectivity index (χ2v) is 7.86. The predicted molar refractivity (Wildman–Crippen MR) is 113 cm³/mol. The Morgan fingerprint density at radius 3 is 2.56 bits per heavy atom. The monoisotopic (exact) mass is 385 g/mol. The van der Waals surface area contributed by atoms with Gasteiger partial charge in [0.25, 0.3) is 0 Å². The molecule has 1 atom stereocenters. The summed E-state index contributed by atoms with van der Waals surface area (Å²) in [5.74, 6) is 0.397. The molecule has 0 spiro atoms. The summed E-state index contributed by atoms with van der Waals surface area (Å²) in [7, 11) is 1.72. The number of hydrogen-bond donors (Lipinski definition) is 0. The minimum absolute atomic E-state index is 0.216. The molecule has 4 nitrogen and oxygen atoms in total. The molecule has 3 aromatic rings. The van der Waals surface area contributed by atoms with Gasteiger partial charge in [0.05, 0.1) is 34.4 Å². The molecule has 5 heteroatoms. The minimum atomic E-state index is 0.216. The predicted octanol–water partition coefficient (Wildman–Crippen LogP) is 5.95. The zero-order chi connectivity index (χ0) is 19.7. The van der Waals surface area contributed by atoms with Gasteiger partial charge in [0.2, 0.25) is 0 Å². The van der Waals surface area contributed by atoms with Crippen molar-refractivity contribution in [3.63, 3.8) is 0 Å². The van der Waals surface area contributed by atoms with Crippen molar-refractivity contribution >= 4 is 22.6 Å². The van der Waals surface area contributed by atoms with Crippen molar-refractivity contribution in [2.24, 2.45) is 0 Å². The molecule has 0 fully saturated rings. The van der Waals surface area contributed by atoms with E-state index >= 15 is 0 Å². The molecule has 0 unspecified atom stereocenters. The molecule has 3 aromatic heterocycles. The number of aryl methyl sites for hydroxylation is 2. The van der Waals surface area contributed by atoms with E-state index in [1.165, 1.54) is 0 Å². The highest BCUT2D eigenvalue weighted by Gasteiger charge is 2.18. The summed E-state index contributed by atoms with van der Waals surface area (Å²) in [5, 5.41) is 0.653. The number of methoxy groups -OCH3 is 1. The molecule has 0 saturated heterocycles. The molecule has 3 rings (SSSR count). The van der Waals surface area contributed by atoms with Crippen molar-refractivity contribution in [3.05, 3.63) is 46.4 Å². The van der Waals surface area contributed by atoms with E-state index in [1.54, 1.807) is 7.11 Å². The van der Waals surface area contributed by atoms with Crippen LogP contribution >= 0.6 is 11.6 Å². The third-order valence-corrected chi connectivity index (χ3v) is 5.29. The highest BCUT2D eigenvalue weighted by Crippen LogP contribution is 2.34. The van der Waals surface area contributed by atoms with Crippen LogP contribution < -0.4 is 0 Å². The number of aromatic nitrogens is 3. The Morgan fingerprint density at radius 2 is 1.93 bits per heavy atom. The summed E-state index contributed by atoms with van der Waals surface area (Å²) in [4.78, 5) is 9.81. The Labute approximate surface area is 166 Å². The molecule has 0 aromatic carbocycles. The largest absolute Gasteiger partial charge is 0.383 e. The van der Waals surface area contributed by atoms with E-state index in [9.17, 15) is 0 Å². The van der Waals surface area contributed by atoms with Crippen molar-refractivity contribution in [2.75, 3.05) is 13.7 Å². The Hall–Kier alpha value is -1.91. The first kappa shape index (κ1) is 19.8. The first-order valence-corrected chi connectivity index (χ1v) is 9.91. The number of rotatable bonds is 6. The van der Waals surface area contributed by atoms with Gasteiger partial charge in [0.15, 0.2) is 0 Å². The summed E-state index contributed by atoms with van der Waals surface area (Å²) in [6.45, 7) is 11.3. The van der Waals surface area contributed by atoms with Crippen LogP contribution in [0.3, 0.4) is 0 Å². The van der Waals surface area contributed by atoms with Crippen LogP contribution in [0.25, 0.3) is 22.3 Å². The van der Waals surface area contributed by atoms with Gasteiger partial charge in [0.1, 0.15) is 0 Å². The maximum atomic E-state index is 6.70. The number of nitrogens with zero attached hydrogens (tertiary/aromatic N) is 3. The van der Waals surface area contributed by atoms with Gasteiger partial charge < -0.3 is 9.30 Å². The first-order valence-electron chi connectivity index (χ1n) is 9.54. The molecular formula is C22H28ClN3O. The molecule has 0 amide bonds. The van der Waals surface area contributed by atoms with Crippen LogP contribution in [0.15, 0.2) is 24.4 Å². The zero-order valence-corrected chi connectivity index (χ0v) is 17.8. The van der Waals surface area contributed by atoms with Crippen LogP contribution in [0.5, 0.6) is 0 Å². The van der Waals surface area contributed by atoms with Crippen LogP contribution in [0.2, 0.25) is 5.02 Å². The molecule has 0 aliphatic heterocycles. The summed E-state index contributed by atoms with van der Waals surface area (Å²) < 4.78 is 7.51. The Morgan fingerprint density at radius 1 is 1.19 bits per heavy atom. The van der Waals surface area contributed by atoms with Crippen molar-refractivity contribution in [1.82, 2.24) is 14.5 Å². The molecule has 0 aliphatic rings. The second kappa shape index (κ2) is 7.99. The van der Waals surface area contributed by atoms with Crippen LogP contribution in [0, 0.1) is 6.92 Å². The van der Waals surface area contributed by atoms with E-state index in [2.05, 4.69) is 57.5 Å². The molecule has 0 radical (unpaired) electrons. The van der Waals surface area contributed by atoms with Gasteiger partial charge >= 0.3 is 0 Å². The van der Waals surface area contributed by atoms with Crippen LogP contribution in [0.1, 0.15) is 56.6 Å². The van der Waals surface area contributed by atoms with E-state index in [-0.39, 0.29) is 6.04 Å². The van der Waals surface area contributed by atoms with Crippen LogP contribution in [-0.2, 0) is 11.2 Å². The van der Waals surface area contributed by atoms with E-state index < -0.39 is 0 Å². The smallest absolute Gasteiger partial charge is 0.0918 e. The summed E-state index contributed by atoms with van der Waals surface area (Å²) >= 11 is 6.70. The molecule has 144 valence electrons. The van der Waals surface area contributed by atoms with Gasteiger partial charge in [0, 0.05) is 30.3 Å². The molecule has 0 saturated carbocycles.